The number of nitrogens with zero attached hydrogens (tertiary/aromatic N) is 2. The lowest BCUT2D eigenvalue weighted by Crippen LogP contribution is -1.88. The van der Waals surface area contributed by atoms with Crippen molar-refractivity contribution in [3.8, 4) is 11.3 Å². The molecule has 1 heterocycles. The van der Waals surface area contributed by atoms with E-state index in [0.29, 0.717) is 0 Å². The van der Waals surface area contributed by atoms with Crippen LogP contribution in [0.5, 0.6) is 0 Å². The molecule has 2 nitrogen and oxygen atoms in total. The predicted octanol–water partition coefficient (Wildman–Crippen LogP) is 2.54. The Morgan fingerprint density at radius 2 is 2.14 bits per heavy atom. The van der Waals surface area contributed by atoms with Crippen molar-refractivity contribution in [1.82, 2.24) is 9.55 Å². The van der Waals surface area contributed by atoms with Crippen molar-refractivity contribution in [2.75, 3.05) is 0 Å². The molecular formula is C12H11N2. The number of hydrogen-bond donors (Lipinski definition) is 0. The maximum absolute atomic E-state index is 4.20. The lowest BCUT2D eigenvalue weighted by Gasteiger charge is -1.94. The quantitative estimate of drug-likeness (QED) is 0.668. The molecule has 2 rings (SSSR count). The van der Waals surface area contributed by atoms with Crippen molar-refractivity contribution in [3.63, 3.8) is 0 Å². The van der Waals surface area contributed by atoms with Gasteiger partial charge in [-0.05, 0) is 0 Å². The number of rotatable bonds is 3. The van der Waals surface area contributed by atoms with Crippen LogP contribution in [0.2, 0.25) is 0 Å². The fourth-order valence-corrected chi connectivity index (χ4v) is 1.30. The Balaban J connectivity index is 2.29. The second kappa shape index (κ2) is 3.92. The second-order valence-corrected chi connectivity index (χ2v) is 3.03. The molecule has 0 aliphatic heterocycles. The van der Waals surface area contributed by atoms with E-state index in [-0.39, 0.29) is 0 Å². The molecule has 2 heteroatoms. The highest BCUT2D eigenvalue weighted by Crippen LogP contribution is 2.15. The van der Waals surface area contributed by atoms with Crippen LogP contribution in [0.25, 0.3) is 11.3 Å². The Hall–Kier alpha value is -1.83. The van der Waals surface area contributed by atoms with Crippen LogP contribution in [0.4, 0.5) is 0 Å². The minimum Gasteiger partial charge on any atom is -0.324 e. The van der Waals surface area contributed by atoms with Gasteiger partial charge in [-0.25, -0.2) is 4.98 Å². The zero-order valence-corrected chi connectivity index (χ0v) is 7.85. The van der Waals surface area contributed by atoms with Gasteiger partial charge < -0.3 is 4.57 Å². The summed E-state index contributed by atoms with van der Waals surface area (Å²) in [5, 5.41) is 0. The lowest BCUT2D eigenvalue weighted by molar-refractivity contribution is 0.814. The molecule has 0 spiro atoms. The van der Waals surface area contributed by atoms with E-state index in [9.17, 15) is 0 Å². The maximum atomic E-state index is 4.20. The van der Waals surface area contributed by atoms with Gasteiger partial charge in [0.25, 0.3) is 0 Å². The molecule has 0 N–H and O–H groups in total. The first-order chi connectivity index (χ1) is 6.90. The lowest BCUT2D eigenvalue weighted by atomic mass is 10.2. The Kier molecular flexibility index (Phi) is 2.45. The molecule has 0 atom stereocenters. The number of aromatic nitrogens is 2. The molecule has 0 saturated carbocycles. The van der Waals surface area contributed by atoms with Crippen LogP contribution >= 0.6 is 0 Å². The molecule has 0 aliphatic carbocycles. The first kappa shape index (κ1) is 8.75. The van der Waals surface area contributed by atoms with E-state index in [1.807, 2.05) is 47.2 Å². The van der Waals surface area contributed by atoms with Gasteiger partial charge in [-0.3, -0.25) is 0 Å². The number of allylic oxidation sites excluding steroid dienone is 1. The summed E-state index contributed by atoms with van der Waals surface area (Å²) < 4.78 is 1.88. The average Bonchev–Trinajstić information content (AvgIpc) is 2.68. The standard InChI is InChI=1S/C12H11N2/c1-2-8-14-9-12(13-10-14)11-6-4-3-5-7-11/h2-7,9H,1,8H2. The Morgan fingerprint density at radius 3 is 2.86 bits per heavy atom. The summed E-state index contributed by atoms with van der Waals surface area (Å²) in [6.45, 7) is 4.42. The van der Waals surface area contributed by atoms with Crippen LogP contribution < -0.4 is 0 Å². The van der Waals surface area contributed by atoms with Gasteiger partial charge in [-0.1, -0.05) is 36.4 Å². The summed E-state index contributed by atoms with van der Waals surface area (Å²) in [5.74, 6) is 0. The summed E-state index contributed by atoms with van der Waals surface area (Å²) in [5.41, 5.74) is 2.07. The van der Waals surface area contributed by atoms with Gasteiger partial charge in [0.1, 0.15) is 0 Å². The highest BCUT2D eigenvalue weighted by molar-refractivity contribution is 5.57. The zero-order chi connectivity index (χ0) is 9.80. The molecule has 14 heavy (non-hydrogen) atoms. The topological polar surface area (TPSA) is 17.8 Å². The van der Waals surface area contributed by atoms with E-state index in [4.69, 9.17) is 0 Å². The van der Waals surface area contributed by atoms with Gasteiger partial charge in [0.05, 0.1) is 5.69 Å². The highest BCUT2D eigenvalue weighted by atomic mass is 15.0. The average molecular weight is 183 g/mol. The Morgan fingerprint density at radius 1 is 1.36 bits per heavy atom. The second-order valence-electron chi connectivity index (χ2n) is 3.03. The van der Waals surface area contributed by atoms with E-state index in [2.05, 4.69) is 17.9 Å². The molecule has 1 radical (unpaired) electrons. The van der Waals surface area contributed by atoms with E-state index >= 15 is 0 Å². The third-order valence-electron chi connectivity index (χ3n) is 1.97. The Bertz CT molecular complexity index is 415. The molecule has 0 saturated heterocycles. The van der Waals surface area contributed by atoms with Crippen LogP contribution in [0, 0.1) is 6.33 Å². The summed E-state index contributed by atoms with van der Waals surface area (Å²) in [6.07, 6.45) is 6.70. The van der Waals surface area contributed by atoms with Gasteiger partial charge >= 0.3 is 0 Å². The van der Waals surface area contributed by atoms with Crippen molar-refractivity contribution < 1.29 is 0 Å². The van der Waals surface area contributed by atoms with Crippen molar-refractivity contribution in [2.45, 2.75) is 6.54 Å². The molecule has 0 unspecified atom stereocenters. The maximum Gasteiger partial charge on any atom is 0.177 e. The molecule has 0 amide bonds. The molecule has 0 fully saturated rings. The molecule has 1 aromatic heterocycles. The monoisotopic (exact) mass is 183 g/mol. The molecule has 0 bridgehead atoms. The highest BCUT2D eigenvalue weighted by Gasteiger charge is 2.00. The SMILES string of the molecule is C=CCn1[c]nc(-c2ccccc2)c1. The molecule has 1 aromatic carbocycles. The molecular weight excluding hydrogens is 172 g/mol. The van der Waals surface area contributed by atoms with Crippen LogP contribution in [-0.2, 0) is 6.54 Å². The summed E-state index contributed by atoms with van der Waals surface area (Å²) >= 11 is 0. The minimum atomic E-state index is 0.750. The number of benzene rings is 1. The van der Waals surface area contributed by atoms with Crippen molar-refractivity contribution in [1.29, 1.82) is 0 Å². The molecule has 69 valence electrons. The van der Waals surface area contributed by atoms with Crippen molar-refractivity contribution in [3.05, 3.63) is 55.5 Å². The summed E-state index contributed by atoms with van der Waals surface area (Å²) in [4.78, 5) is 4.20. The van der Waals surface area contributed by atoms with Gasteiger partial charge in [0.2, 0.25) is 0 Å². The van der Waals surface area contributed by atoms with Gasteiger partial charge in [0, 0.05) is 18.3 Å². The van der Waals surface area contributed by atoms with Gasteiger partial charge in [-0.15, -0.1) is 6.58 Å². The van der Waals surface area contributed by atoms with E-state index in [1.54, 1.807) is 0 Å². The van der Waals surface area contributed by atoms with Crippen LogP contribution in [0.15, 0.2) is 49.2 Å². The largest absolute Gasteiger partial charge is 0.324 e. The normalized spacial score (nSPS) is 10.0. The van der Waals surface area contributed by atoms with Crippen molar-refractivity contribution >= 4 is 0 Å². The van der Waals surface area contributed by atoms with Gasteiger partial charge in [-0.2, -0.15) is 0 Å². The number of hydrogen-bond acceptors (Lipinski definition) is 1. The third kappa shape index (κ3) is 1.74. The van der Waals surface area contributed by atoms with Crippen LogP contribution in [-0.4, -0.2) is 9.55 Å². The van der Waals surface area contributed by atoms with Gasteiger partial charge in [0.15, 0.2) is 6.33 Å². The first-order valence-electron chi connectivity index (χ1n) is 4.51. The smallest absolute Gasteiger partial charge is 0.177 e. The van der Waals surface area contributed by atoms with Crippen molar-refractivity contribution in [2.24, 2.45) is 0 Å². The Labute approximate surface area is 83.5 Å². The predicted molar refractivity (Wildman–Crippen MR) is 56.7 cm³/mol. The van der Waals surface area contributed by atoms with E-state index < -0.39 is 0 Å². The fraction of sp³-hybridized carbons (Fsp3) is 0.0833. The third-order valence-corrected chi connectivity index (χ3v) is 1.97. The molecule has 2 aromatic rings. The zero-order valence-electron chi connectivity index (χ0n) is 7.85. The minimum absolute atomic E-state index is 0.750. The summed E-state index contributed by atoms with van der Waals surface area (Å²) in [6, 6.07) is 10.1. The van der Waals surface area contributed by atoms with E-state index in [0.717, 1.165) is 17.8 Å². The summed E-state index contributed by atoms with van der Waals surface area (Å²) in [7, 11) is 0. The van der Waals surface area contributed by atoms with E-state index in [1.165, 1.54) is 0 Å². The van der Waals surface area contributed by atoms with Crippen LogP contribution in [0.3, 0.4) is 0 Å². The fourth-order valence-electron chi connectivity index (χ4n) is 1.30. The number of imidazole rings is 1. The molecule has 0 aliphatic rings. The van der Waals surface area contributed by atoms with Crippen LogP contribution in [0.1, 0.15) is 0 Å². The first-order valence-corrected chi connectivity index (χ1v) is 4.51.